The van der Waals surface area contributed by atoms with E-state index in [1.165, 1.54) is 0 Å². The van der Waals surface area contributed by atoms with Gasteiger partial charge in [-0.2, -0.15) is 9.57 Å². The van der Waals surface area contributed by atoms with E-state index in [4.69, 9.17) is 11.6 Å². The van der Waals surface area contributed by atoms with Gasteiger partial charge < -0.3 is 9.80 Å². The largest absolute Gasteiger partial charge is 0.338 e. The summed E-state index contributed by atoms with van der Waals surface area (Å²) in [5, 5.41) is 10.7. The van der Waals surface area contributed by atoms with Gasteiger partial charge in [0.1, 0.15) is 16.8 Å². The van der Waals surface area contributed by atoms with Crippen molar-refractivity contribution < 1.29 is 13.2 Å². The van der Waals surface area contributed by atoms with E-state index in [1.807, 2.05) is 11.0 Å². The smallest absolute Gasteiger partial charge is 0.254 e. The van der Waals surface area contributed by atoms with Crippen molar-refractivity contribution >= 4 is 49.0 Å². The topological polar surface area (TPSA) is 84.7 Å². The van der Waals surface area contributed by atoms with Gasteiger partial charge in [-0.05, 0) is 69.2 Å². The van der Waals surface area contributed by atoms with E-state index in [0.29, 0.717) is 24.0 Å². The molecule has 0 spiro atoms. The SMILES string of the molecule is CC(C)N1CCC(N2CCC[C@H](N(CC#N)S(=O)(=O)c3cc4cc(Cl)ccc4s3)C2=O)CC1. The number of carbonyl (C=O) groups is 1. The molecule has 0 unspecified atom stereocenters. The van der Waals surface area contributed by atoms with E-state index >= 15 is 0 Å². The summed E-state index contributed by atoms with van der Waals surface area (Å²) in [4.78, 5) is 17.8. The first kappa shape index (κ1) is 24.4. The molecule has 2 saturated heterocycles. The van der Waals surface area contributed by atoms with Gasteiger partial charge in [0.05, 0.1) is 6.07 Å². The molecule has 7 nitrogen and oxygen atoms in total. The Kier molecular flexibility index (Phi) is 7.32. The van der Waals surface area contributed by atoms with Crippen molar-refractivity contribution in [2.24, 2.45) is 0 Å². The maximum Gasteiger partial charge on any atom is 0.254 e. The molecule has 178 valence electrons. The van der Waals surface area contributed by atoms with Gasteiger partial charge in [0.15, 0.2) is 0 Å². The van der Waals surface area contributed by atoms with Crippen molar-refractivity contribution in [3.05, 3.63) is 29.3 Å². The number of sulfonamides is 1. The number of likely N-dealkylation sites (tertiary alicyclic amines) is 2. The molecule has 0 N–H and O–H groups in total. The standard InChI is InChI=1S/C23H29ClN4O3S2/c1-16(2)26-11-7-19(8-12-26)27-10-3-4-20(23(27)29)28(13-9-25)33(30,31)22-15-17-14-18(24)5-6-21(17)32-22/h5-6,14-16,19-20H,3-4,7-8,10-13H2,1-2H3/t20-/m0/s1. The van der Waals surface area contributed by atoms with Crippen molar-refractivity contribution in [2.45, 2.75) is 61.9 Å². The number of thiophene rings is 1. The van der Waals surface area contributed by atoms with E-state index in [-0.39, 0.29) is 22.7 Å². The molecule has 0 bridgehead atoms. The lowest BCUT2D eigenvalue weighted by molar-refractivity contribution is -0.141. The number of amides is 1. The van der Waals surface area contributed by atoms with Crippen LogP contribution in [0.2, 0.25) is 5.02 Å². The lowest BCUT2D eigenvalue weighted by Gasteiger charge is -2.44. The first-order valence-corrected chi connectivity index (χ1v) is 14.0. The number of fused-ring (bicyclic) bond motifs is 1. The monoisotopic (exact) mass is 508 g/mol. The van der Waals surface area contributed by atoms with Crippen LogP contribution in [-0.4, -0.2) is 72.7 Å². The molecule has 2 fully saturated rings. The Balaban J connectivity index is 1.58. The average molecular weight is 509 g/mol. The van der Waals surface area contributed by atoms with Crippen LogP contribution in [0.1, 0.15) is 39.5 Å². The third kappa shape index (κ3) is 4.91. The Morgan fingerprint density at radius 3 is 2.61 bits per heavy atom. The molecule has 1 aromatic heterocycles. The number of benzene rings is 1. The van der Waals surface area contributed by atoms with Crippen molar-refractivity contribution in [1.29, 1.82) is 5.26 Å². The van der Waals surface area contributed by atoms with E-state index < -0.39 is 16.1 Å². The summed E-state index contributed by atoms with van der Waals surface area (Å²) in [6.07, 6.45) is 2.93. The Morgan fingerprint density at radius 2 is 1.94 bits per heavy atom. The number of hydrogen-bond donors (Lipinski definition) is 0. The zero-order valence-corrected chi connectivity index (χ0v) is 21.3. The number of nitrogens with zero attached hydrogens (tertiary/aromatic N) is 4. The molecule has 4 rings (SSSR count). The number of halogens is 1. The lowest BCUT2D eigenvalue weighted by Crippen LogP contribution is -2.58. The van der Waals surface area contributed by atoms with Crippen LogP contribution >= 0.6 is 22.9 Å². The Bertz CT molecular complexity index is 1170. The normalized spacial score (nSPS) is 21.3. The second-order valence-corrected chi connectivity index (χ2v) is 12.6. The fraction of sp³-hybridized carbons (Fsp3) is 0.565. The minimum atomic E-state index is -4.01. The first-order chi connectivity index (χ1) is 15.7. The summed E-state index contributed by atoms with van der Waals surface area (Å²) in [5.74, 6) is -0.174. The molecule has 1 atom stereocenters. The van der Waals surface area contributed by atoms with Gasteiger partial charge in [-0.1, -0.05) is 11.6 Å². The molecule has 0 aliphatic carbocycles. The summed E-state index contributed by atoms with van der Waals surface area (Å²) < 4.78 is 29.2. The molecule has 2 aromatic rings. The van der Waals surface area contributed by atoms with Crippen LogP contribution in [0.15, 0.2) is 28.5 Å². The van der Waals surface area contributed by atoms with E-state index in [9.17, 15) is 18.5 Å². The van der Waals surface area contributed by atoms with Crippen molar-refractivity contribution in [3.8, 4) is 6.07 Å². The molecule has 1 amide bonds. The zero-order valence-electron chi connectivity index (χ0n) is 18.9. The molecule has 10 heteroatoms. The van der Waals surface area contributed by atoms with E-state index in [0.717, 1.165) is 58.1 Å². The van der Waals surface area contributed by atoms with Gasteiger partial charge >= 0.3 is 0 Å². The van der Waals surface area contributed by atoms with E-state index in [1.54, 1.807) is 24.3 Å². The molecule has 0 saturated carbocycles. The lowest BCUT2D eigenvalue weighted by atomic mass is 9.96. The molecule has 2 aliphatic rings. The number of hydrogen-bond acceptors (Lipinski definition) is 6. The predicted molar refractivity (Wildman–Crippen MR) is 131 cm³/mol. The summed E-state index contributed by atoms with van der Waals surface area (Å²) in [7, 11) is -4.01. The van der Waals surface area contributed by atoms with Crippen LogP contribution in [-0.2, 0) is 14.8 Å². The fourth-order valence-corrected chi connectivity index (χ4v) is 8.09. The van der Waals surface area contributed by atoms with Crippen LogP contribution in [0.25, 0.3) is 10.1 Å². The third-order valence-electron chi connectivity index (χ3n) is 6.71. The first-order valence-electron chi connectivity index (χ1n) is 11.3. The van der Waals surface area contributed by atoms with Gasteiger partial charge in [0.2, 0.25) is 5.91 Å². The molecule has 33 heavy (non-hydrogen) atoms. The van der Waals surface area contributed by atoms with Crippen LogP contribution in [0.4, 0.5) is 0 Å². The summed E-state index contributed by atoms with van der Waals surface area (Å²) in [6.45, 7) is 6.50. The molecule has 0 radical (unpaired) electrons. The summed E-state index contributed by atoms with van der Waals surface area (Å²) >= 11 is 7.20. The molecule has 3 heterocycles. The highest BCUT2D eigenvalue weighted by Gasteiger charge is 2.42. The maximum atomic E-state index is 13.6. The fourth-order valence-electron chi connectivity index (χ4n) is 4.89. The highest BCUT2D eigenvalue weighted by atomic mass is 35.5. The van der Waals surface area contributed by atoms with Gasteiger partial charge in [0, 0.05) is 41.4 Å². The Labute approximate surface area is 204 Å². The van der Waals surface area contributed by atoms with Crippen molar-refractivity contribution in [1.82, 2.24) is 14.1 Å². The maximum absolute atomic E-state index is 13.6. The van der Waals surface area contributed by atoms with Crippen LogP contribution in [0.3, 0.4) is 0 Å². The number of rotatable bonds is 6. The number of nitriles is 1. The molecule has 1 aromatic carbocycles. The van der Waals surface area contributed by atoms with Crippen molar-refractivity contribution in [2.75, 3.05) is 26.2 Å². The van der Waals surface area contributed by atoms with Crippen molar-refractivity contribution in [3.63, 3.8) is 0 Å². The van der Waals surface area contributed by atoms with Gasteiger partial charge in [-0.15, -0.1) is 11.3 Å². The highest BCUT2D eigenvalue weighted by molar-refractivity contribution is 7.91. The van der Waals surface area contributed by atoms with Gasteiger partial charge in [-0.25, -0.2) is 8.42 Å². The highest BCUT2D eigenvalue weighted by Crippen LogP contribution is 2.35. The quantitative estimate of drug-likeness (QED) is 0.552. The average Bonchev–Trinajstić information content (AvgIpc) is 3.22. The Morgan fingerprint density at radius 1 is 1.21 bits per heavy atom. The van der Waals surface area contributed by atoms with E-state index in [2.05, 4.69) is 18.7 Å². The van der Waals surface area contributed by atoms with Crippen LogP contribution < -0.4 is 0 Å². The summed E-state index contributed by atoms with van der Waals surface area (Å²) in [6, 6.07) is 8.52. The third-order valence-corrected chi connectivity index (χ3v) is 10.4. The minimum Gasteiger partial charge on any atom is -0.338 e. The van der Waals surface area contributed by atoms with Gasteiger partial charge in [0.25, 0.3) is 10.0 Å². The van der Waals surface area contributed by atoms with Crippen LogP contribution in [0, 0.1) is 11.3 Å². The van der Waals surface area contributed by atoms with Crippen LogP contribution in [0.5, 0.6) is 0 Å². The minimum absolute atomic E-state index is 0.119. The zero-order chi connectivity index (χ0) is 23.8. The second-order valence-electron chi connectivity index (χ2n) is 9.01. The summed E-state index contributed by atoms with van der Waals surface area (Å²) in [5.41, 5.74) is 0. The van der Waals surface area contributed by atoms with Gasteiger partial charge in [-0.3, -0.25) is 4.79 Å². The molecular formula is C23H29ClN4O3S2. The number of piperidine rings is 2. The Hall–Kier alpha value is -1.70. The second kappa shape index (κ2) is 9.88. The molecule has 2 aliphatic heterocycles. The predicted octanol–water partition coefficient (Wildman–Crippen LogP) is 3.93. The molecular weight excluding hydrogens is 480 g/mol. The number of carbonyl (C=O) groups excluding carboxylic acids is 1.